The maximum atomic E-state index is 12.3. The number of fused-ring (bicyclic) bond motifs is 1. The summed E-state index contributed by atoms with van der Waals surface area (Å²) in [5.41, 5.74) is 1.64. The van der Waals surface area contributed by atoms with Crippen molar-refractivity contribution in [2.24, 2.45) is 0 Å². The monoisotopic (exact) mass is 313 g/mol. The van der Waals surface area contributed by atoms with Crippen LogP contribution in [0.2, 0.25) is 0 Å². The smallest absolute Gasteiger partial charge is 0.265 e. The van der Waals surface area contributed by atoms with E-state index in [1.165, 1.54) is 0 Å². The molecule has 1 aliphatic rings. The molecule has 5 heteroatoms. The quantitative estimate of drug-likeness (QED) is 0.942. The minimum atomic E-state index is -0.607. The minimum Gasteiger partial charge on any atom is -0.486 e. The SMILES string of the molecule is Cc1ccccc1O[C@H](C)C(=O)Nc1ccc2c(c1)OCCO2. The van der Waals surface area contributed by atoms with Gasteiger partial charge in [0, 0.05) is 11.8 Å². The number of hydrogen-bond acceptors (Lipinski definition) is 4. The van der Waals surface area contributed by atoms with E-state index in [0.717, 1.165) is 5.56 Å². The van der Waals surface area contributed by atoms with Gasteiger partial charge in [0.1, 0.15) is 19.0 Å². The van der Waals surface area contributed by atoms with Crippen LogP contribution in [0.1, 0.15) is 12.5 Å². The normalized spacial score (nSPS) is 14.0. The highest BCUT2D eigenvalue weighted by Crippen LogP contribution is 2.32. The van der Waals surface area contributed by atoms with Gasteiger partial charge in [0.05, 0.1) is 0 Å². The number of anilines is 1. The molecule has 2 aromatic carbocycles. The molecule has 0 bridgehead atoms. The van der Waals surface area contributed by atoms with Crippen LogP contribution in [-0.2, 0) is 4.79 Å². The Kier molecular flexibility index (Phi) is 4.37. The average molecular weight is 313 g/mol. The summed E-state index contributed by atoms with van der Waals surface area (Å²) < 4.78 is 16.7. The van der Waals surface area contributed by atoms with Crippen LogP contribution in [-0.4, -0.2) is 25.2 Å². The van der Waals surface area contributed by atoms with Gasteiger partial charge in [-0.3, -0.25) is 4.79 Å². The third-order valence-corrected chi connectivity index (χ3v) is 3.58. The number of carbonyl (C=O) groups is 1. The summed E-state index contributed by atoms with van der Waals surface area (Å²) in [6.45, 7) is 4.72. The molecule has 0 radical (unpaired) electrons. The van der Waals surface area contributed by atoms with E-state index in [9.17, 15) is 4.79 Å². The Hall–Kier alpha value is -2.69. The molecule has 0 saturated carbocycles. The first-order valence-corrected chi connectivity index (χ1v) is 7.56. The summed E-state index contributed by atoms with van der Waals surface area (Å²) in [7, 11) is 0. The van der Waals surface area contributed by atoms with Crippen molar-refractivity contribution >= 4 is 11.6 Å². The Morgan fingerprint density at radius 3 is 2.65 bits per heavy atom. The van der Waals surface area contributed by atoms with Crippen molar-refractivity contribution in [3.63, 3.8) is 0 Å². The summed E-state index contributed by atoms with van der Waals surface area (Å²) in [6.07, 6.45) is -0.607. The molecule has 5 nitrogen and oxygen atoms in total. The predicted octanol–water partition coefficient (Wildman–Crippen LogP) is 3.17. The Labute approximate surface area is 135 Å². The molecule has 2 aromatic rings. The molecule has 1 heterocycles. The first kappa shape index (κ1) is 15.2. The molecule has 0 aliphatic carbocycles. The van der Waals surface area contributed by atoms with E-state index in [4.69, 9.17) is 14.2 Å². The fourth-order valence-electron chi connectivity index (χ4n) is 2.30. The van der Waals surface area contributed by atoms with Gasteiger partial charge < -0.3 is 19.5 Å². The molecule has 23 heavy (non-hydrogen) atoms. The maximum absolute atomic E-state index is 12.3. The Balaban J connectivity index is 1.65. The van der Waals surface area contributed by atoms with Crippen LogP contribution in [0, 0.1) is 6.92 Å². The number of para-hydroxylation sites is 1. The van der Waals surface area contributed by atoms with Gasteiger partial charge in [-0.1, -0.05) is 18.2 Å². The highest BCUT2D eigenvalue weighted by atomic mass is 16.6. The minimum absolute atomic E-state index is 0.218. The Morgan fingerprint density at radius 1 is 1.13 bits per heavy atom. The zero-order chi connectivity index (χ0) is 16.2. The number of ether oxygens (including phenoxy) is 3. The fourth-order valence-corrected chi connectivity index (χ4v) is 2.30. The number of carbonyl (C=O) groups excluding carboxylic acids is 1. The largest absolute Gasteiger partial charge is 0.486 e. The van der Waals surface area contributed by atoms with Crippen molar-refractivity contribution in [1.82, 2.24) is 0 Å². The van der Waals surface area contributed by atoms with E-state index in [2.05, 4.69) is 5.32 Å². The first-order chi connectivity index (χ1) is 11.1. The number of benzene rings is 2. The molecule has 0 spiro atoms. The predicted molar refractivity (Wildman–Crippen MR) is 87.3 cm³/mol. The van der Waals surface area contributed by atoms with E-state index >= 15 is 0 Å². The Morgan fingerprint density at radius 2 is 1.87 bits per heavy atom. The van der Waals surface area contributed by atoms with E-state index in [1.807, 2.05) is 31.2 Å². The molecular weight excluding hydrogens is 294 g/mol. The van der Waals surface area contributed by atoms with Crippen molar-refractivity contribution < 1.29 is 19.0 Å². The zero-order valence-corrected chi connectivity index (χ0v) is 13.2. The second-order valence-electron chi connectivity index (χ2n) is 5.37. The van der Waals surface area contributed by atoms with Gasteiger partial charge in [-0.05, 0) is 37.6 Å². The van der Waals surface area contributed by atoms with Crippen molar-refractivity contribution in [3.8, 4) is 17.2 Å². The van der Waals surface area contributed by atoms with Gasteiger partial charge in [-0.15, -0.1) is 0 Å². The van der Waals surface area contributed by atoms with Gasteiger partial charge in [0.2, 0.25) is 0 Å². The van der Waals surface area contributed by atoms with Crippen molar-refractivity contribution in [3.05, 3.63) is 48.0 Å². The fraction of sp³-hybridized carbons (Fsp3) is 0.278. The lowest BCUT2D eigenvalue weighted by Gasteiger charge is -2.20. The zero-order valence-electron chi connectivity index (χ0n) is 13.2. The molecule has 0 unspecified atom stereocenters. The standard InChI is InChI=1S/C18H19NO4/c1-12-5-3-4-6-15(12)23-13(2)18(20)19-14-7-8-16-17(11-14)22-10-9-21-16/h3-8,11,13H,9-10H2,1-2H3,(H,19,20)/t13-/m1/s1. The van der Waals surface area contributed by atoms with Crippen LogP contribution < -0.4 is 19.5 Å². The number of nitrogens with one attached hydrogen (secondary N) is 1. The van der Waals surface area contributed by atoms with E-state index in [1.54, 1.807) is 25.1 Å². The lowest BCUT2D eigenvalue weighted by atomic mass is 10.2. The highest BCUT2D eigenvalue weighted by Gasteiger charge is 2.17. The van der Waals surface area contributed by atoms with Crippen molar-refractivity contribution in [2.75, 3.05) is 18.5 Å². The molecular formula is C18H19NO4. The number of amides is 1. The van der Waals surface area contributed by atoms with Gasteiger partial charge in [-0.25, -0.2) is 0 Å². The summed E-state index contributed by atoms with van der Waals surface area (Å²) in [4.78, 5) is 12.3. The topological polar surface area (TPSA) is 56.8 Å². The molecule has 0 aromatic heterocycles. The van der Waals surface area contributed by atoms with Crippen LogP contribution in [0.15, 0.2) is 42.5 Å². The van der Waals surface area contributed by atoms with Gasteiger partial charge >= 0.3 is 0 Å². The molecule has 0 fully saturated rings. The molecule has 1 atom stereocenters. The van der Waals surface area contributed by atoms with E-state index < -0.39 is 6.10 Å². The molecule has 120 valence electrons. The van der Waals surface area contributed by atoms with Crippen LogP contribution in [0.25, 0.3) is 0 Å². The first-order valence-electron chi connectivity index (χ1n) is 7.56. The third-order valence-electron chi connectivity index (χ3n) is 3.58. The highest BCUT2D eigenvalue weighted by molar-refractivity contribution is 5.94. The molecule has 1 N–H and O–H groups in total. The molecule has 1 amide bonds. The van der Waals surface area contributed by atoms with Crippen molar-refractivity contribution in [1.29, 1.82) is 0 Å². The lowest BCUT2D eigenvalue weighted by molar-refractivity contribution is -0.122. The summed E-state index contributed by atoms with van der Waals surface area (Å²) in [5.74, 6) is 1.82. The summed E-state index contributed by atoms with van der Waals surface area (Å²) in [5, 5.41) is 2.83. The average Bonchev–Trinajstić information content (AvgIpc) is 2.56. The maximum Gasteiger partial charge on any atom is 0.265 e. The summed E-state index contributed by atoms with van der Waals surface area (Å²) >= 11 is 0. The van der Waals surface area contributed by atoms with Crippen molar-refractivity contribution in [2.45, 2.75) is 20.0 Å². The summed E-state index contributed by atoms with van der Waals surface area (Å²) in [6, 6.07) is 12.9. The number of aryl methyl sites for hydroxylation is 1. The lowest BCUT2D eigenvalue weighted by Crippen LogP contribution is -2.30. The second-order valence-corrected chi connectivity index (χ2v) is 5.37. The van der Waals surface area contributed by atoms with Crippen LogP contribution in [0.5, 0.6) is 17.2 Å². The molecule has 3 rings (SSSR count). The van der Waals surface area contributed by atoms with Gasteiger partial charge in [0.15, 0.2) is 17.6 Å². The third kappa shape index (κ3) is 3.56. The van der Waals surface area contributed by atoms with E-state index in [0.29, 0.717) is 36.1 Å². The van der Waals surface area contributed by atoms with Crippen LogP contribution in [0.4, 0.5) is 5.69 Å². The number of rotatable bonds is 4. The van der Waals surface area contributed by atoms with Crippen LogP contribution >= 0.6 is 0 Å². The van der Waals surface area contributed by atoms with E-state index in [-0.39, 0.29) is 5.91 Å². The Bertz CT molecular complexity index is 714. The molecule has 0 saturated heterocycles. The van der Waals surface area contributed by atoms with Gasteiger partial charge in [-0.2, -0.15) is 0 Å². The molecule has 1 aliphatic heterocycles. The second kappa shape index (κ2) is 6.60. The van der Waals surface area contributed by atoms with Gasteiger partial charge in [0.25, 0.3) is 5.91 Å². The van der Waals surface area contributed by atoms with Crippen LogP contribution in [0.3, 0.4) is 0 Å². The number of hydrogen-bond donors (Lipinski definition) is 1.